The Morgan fingerprint density at radius 3 is 2.71 bits per heavy atom. The summed E-state index contributed by atoms with van der Waals surface area (Å²) in [5.74, 6) is -0.673. The number of nitrogens with zero attached hydrogens (tertiary/aromatic N) is 1. The third-order valence-electron chi connectivity index (χ3n) is 1.70. The highest BCUT2D eigenvalue weighted by Crippen LogP contribution is 2.23. The first kappa shape index (κ1) is 11.3. The molecule has 2 unspecified atom stereocenters. The van der Waals surface area contributed by atoms with Gasteiger partial charge in [0.2, 0.25) is 0 Å². The van der Waals surface area contributed by atoms with Crippen LogP contribution in [-0.4, -0.2) is 33.0 Å². The number of aromatic nitrogens is 1. The van der Waals surface area contributed by atoms with E-state index in [-0.39, 0.29) is 10.7 Å². The third-order valence-corrected chi connectivity index (χ3v) is 2.02. The summed E-state index contributed by atoms with van der Waals surface area (Å²) in [6.45, 7) is -0.645. The van der Waals surface area contributed by atoms with Crippen LogP contribution in [0.15, 0.2) is 12.3 Å². The second-order valence-corrected chi connectivity index (χ2v) is 3.09. The van der Waals surface area contributed by atoms with E-state index in [2.05, 4.69) is 4.98 Å². The number of halogens is 2. The number of hydrogen-bond donors (Lipinski definition) is 3. The van der Waals surface area contributed by atoms with Gasteiger partial charge in [-0.15, -0.1) is 0 Å². The molecule has 0 aliphatic heterocycles. The fourth-order valence-corrected chi connectivity index (χ4v) is 1.17. The van der Waals surface area contributed by atoms with Gasteiger partial charge < -0.3 is 15.3 Å². The van der Waals surface area contributed by atoms with Crippen molar-refractivity contribution in [3.8, 4) is 0 Å². The molecule has 0 aliphatic rings. The quantitative estimate of drug-likeness (QED) is 0.641. The molecule has 0 amide bonds. The zero-order valence-corrected chi connectivity index (χ0v) is 7.82. The van der Waals surface area contributed by atoms with Crippen molar-refractivity contribution in [3.63, 3.8) is 0 Å². The Morgan fingerprint density at radius 2 is 2.14 bits per heavy atom. The second-order valence-electron chi connectivity index (χ2n) is 2.73. The van der Waals surface area contributed by atoms with Gasteiger partial charge in [-0.05, 0) is 6.07 Å². The standard InChI is InChI=1S/C8H9ClFNO3/c9-8-5(1-4(10)2-11-8)7(14)6(13)3-12/h1-2,6-7,12-14H,3H2. The zero-order chi connectivity index (χ0) is 10.7. The van der Waals surface area contributed by atoms with Crippen molar-refractivity contribution in [2.24, 2.45) is 0 Å². The highest BCUT2D eigenvalue weighted by Gasteiger charge is 2.21. The van der Waals surface area contributed by atoms with Gasteiger partial charge in [0.1, 0.15) is 23.2 Å². The Balaban J connectivity index is 2.99. The van der Waals surface area contributed by atoms with E-state index in [1.54, 1.807) is 0 Å². The summed E-state index contributed by atoms with van der Waals surface area (Å²) in [5.41, 5.74) is -0.0479. The molecule has 1 aromatic heterocycles. The van der Waals surface area contributed by atoms with E-state index in [4.69, 9.17) is 21.8 Å². The molecule has 2 atom stereocenters. The smallest absolute Gasteiger partial charge is 0.141 e. The van der Waals surface area contributed by atoms with Gasteiger partial charge in [0.15, 0.2) is 0 Å². The average Bonchev–Trinajstić information content (AvgIpc) is 2.19. The minimum absolute atomic E-state index is 0.0479. The lowest BCUT2D eigenvalue weighted by Crippen LogP contribution is -2.22. The van der Waals surface area contributed by atoms with Gasteiger partial charge in [0.25, 0.3) is 0 Å². The monoisotopic (exact) mass is 221 g/mol. The average molecular weight is 222 g/mol. The lowest BCUT2D eigenvalue weighted by Gasteiger charge is -2.16. The molecular weight excluding hydrogens is 213 g/mol. The molecule has 0 aromatic carbocycles. The predicted octanol–water partition coefficient (Wildman–Crippen LogP) is 0.261. The number of hydrogen-bond acceptors (Lipinski definition) is 4. The molecule has 0 spiro atoms. The lowest BCUT2D eigenvalue weighted by atomic mass is 10.1. The Bertz CT molecular complexity index is 323. The molecule has 1 heterocycles. The summed E-state index contributed by atoms with van der Waals surface area (Å²) >= 11 is 5.56. The summed E-state index contributed by atoms with van der Waals surface area (Å²) < 4.78 is 12.7. The van der Waals surface area contributed by atoms with Crippen LogP contribution in [0, 0.1) is 5.82 Å². The van der Waals surface area contributed by atoms with Crippen molar-refractivity contribution in [1.29, 1.82) is 0 Å². The molecule has 1 aromatic rings. The van der Waals surface area contributed by atoms with Gasteiger partial charge in [-0.25, -0.2) is 9.37 Å². The summed E-state index contributed by atoms with van der Waals surface area (Å²) in [5, 5.41) is 26.9. The molecule has 1 rings (SSSR count). The van der Waals surface area contributed by atoms with Gasteiger partial charge in [-0.2, -0.15) is 0 Å². The number of aliphatic hydroxyl groups is 3. The third kappa shape index (κ3) is 2.39. The van der Waals surface area contributed by atoms with Crippen LogP contribution in [0.3, 0.4) is 0 Å². The molecule has 14 heavy (non-hydrogen) atoms. The lowest BCUT2D eigenvalue weighted by molar-refractivity contribution is -0.0154. The van der Waals surface area contributed by atoms with Crippen LogP contribution in [0.5, 0.6) is 0 Å². The fourth-order valence-electron chi connectivity index (χ4n) is 0.953. The summed E-state index contributed by atoms with van der Waals surface area (Å²) in [6, 6.07) is 0.957. The van der Waals surface area contributed by atoms with Crippen LogP contribution < -0.4 is 0 Å². The van der Waals surface area contributed by atoms with E-state index in [1.165, 1.54) is 0 Å². The van der Waals surface area contributed by atoms with Crippen LogP contribution >= 0.6 is 11.6 Å². The van der Waals surface area contributed by atoms with Gasteiger partial charge in [-0.3, -0.25) is 0 Å². The normalized spacial score (nSPS) is 15.2. The Kier molecular flexibility index (Phi) is 3.77. The molecule has 4 nitrogen and oxygen atoms in total. The van der Waals surface area contributed by atoms with Crippen LogP contribution in [0.2, 0.25) is 5.15 Å². The van der Waals surface area contributed by atoms with Crippen LogP contribution in [-0.2, 0) is 0 Å². The van der Waals surface area contributed by atoms with Gasteiger partial charge in [0, 0.05) is 5.56 Å². The Morgan fingerprint density at radius 1 is 1.50 bits per heavy atom. The van der Waals surface area contributed by atoms with Crippen molar-refractivity contribution < 1.29 is 19.7 Å². The minimum atomic E-state index is -1.45. The maximum Gasteiger partial charge on any atom is 0.141 e. The van der Waals surface area contributed by atoms with Gasteiger partial charge in [-0.1, -0.05) is 11.6 Å². The predicted molar refractivity (Wildman–Crippen MR) is 47.3 cm³/mol. The van der Waals surface area contributed by atoms with E-state index in [1.807, 2.05) is 0 Å². The molecule has 0 fully saturated rings. The maximum atomic E-state index is 12.7. The van der Waals surface area contributed by atoms with Crippen molar-refractivity contribution >= 4 is 11.6 Å². The zero-order valence-electron chi connectivity index (χ0n) is 7.06. The minimum Gasteiger partial charge on any atom is -0.394 e. The number of rotatable bonds is 3. The summed E-state index contributed by atoms with van der Waals surface area (Å²) in [7, 11) is 0. The molecule has 3 N–H and O–H groups in total. The van der Waals surface area contributed by atoms with Gasteiger partial charge in [0.05, 0.1) is 12.8 Å². The van der Waals surface area contributed by atoms with Crippen LogP contribution in [0.25, 0.3) is 0 Å². The number of aliphatic hydroxyl groups excluding tert-OH is 3. The largest absolute Gasteiger partial charge is 0.394 e. The van der Waals surface area contributed by atoms with Crippen molar-refractivity contribution in [2.45, 2.75) is 12.2 Å². The molecule has 78 valence electrons. The van der Waals surface area contributed by atoms with Crippen LogP contribution in [0.1, 0.15) is 11.7 Å². The number of pyridine rings is 1. The molecule has 0 radical (unpaired) electrons. The van der Waals surface area contributed by atoms with E-state index in [0.717, 1.165) is 12.3 Å². The van der Waals surface area contributed by atoms with E-state index < -0.39 is 24.6 Å². The van der Waals surface area contributed by atoms with E-state index in [9.17, 15) is 9.50 Å². The Hall–Kier alpha value is -0.750. The maximum absolute atomic E-state index is 12.7. The first-order valence-electron chi connectivity index (χ1n) is 3.84. The first-order valence-corrected chi connectivity index (χ1v) is 4.22. The highest BCUT2D eigenvalue weighted by molar-refractivity contribution is 6.30. The van der Waals surface area contributed by atoms with Crippen LogP contribution in [0.4, 0.5) is 4.39 Å². The van der Waals surface area contributed by atoms with Crippen molar-refractivity contribution in [1.82, 2.24) is 4.98 Å². The van der Waals surface area contributed by atoms with Gasteiger partial charge >= 0.3 is 0 Å². The van der Waals surface area contributed by atoms with E-state index >= 15 is 0 Å². The molecule has 0 saturated carbocycles. The Labute approximate surface area is 84.6 Å². The topological polar surface area (TPSA) is 73.6 Å². The van der Waals surface area contributed by atoms with Crippen molar-refractivity contribution in [2.75, 3.05) is 6.61 Å². The first-order chi connectivity index (χ1) is 6.56. The molecule has 6 heteroatoms. The highest BCUT2D eigenvalue weighted by atomic mass is 35.5. The second kappa shape index (κ2) is 4.65. The fraction of sp³-hybridized carbons (Fsp3) is 0.375. The molecular formula is C8H9ClFNO3. The molecule has 0 aliphatic carbocycles. The summed E-state index contributed by atoms with van der Waals surface area (Å²) in [4.78, 5) is 3.45. The SMILES string of the molecule is OCC(O)C(O)c1cc(F)cnc1Cl. The molecule has 0 bridgehead atoms. The summed E-state index contributed by atoms with van der Waals surface area (Å²) in [6.07, 6.45) is -1.96. The van der Waals surface area contributed by atoms with E-state index in [0.29, 0.717) is 0 Å². The van der Waals surface area contributed by atoms with Crippen molar-refractivity contribution in [3.05, 3.63) is 28.8 Å². The molecule has 0 saturated heterocycles.